The van der Waals surface area contributed by atoms with Gasteiger partial charge in [-0.15, -0.1) is 0 Å². The molecule has 0 spiro atoms. The van der Waals surface area contributed by atoms with Crippen molar-refractivity contribution in [2.45, 2.75) is 45.7 Å². The minimum atomic E-state index is -0.0446. The molecule has 0 saturated carbocycles. The van der Waals surface area contributed by atoms with Crippen LogP contribution in [0.15, 0.2) is 29.3 Å². The molecule has 1 unspecified atom stereocenters. The van der Waals surface area contributed by atoms with Crippen LogP contribution in [0.4, 0.5) is 5.69 Å². The van der Waals surface area contributed by atoms with E-state index in [2.05, 4.69) is 67.2 Å². The van der Waals surface area contributed by atoms with Crippen LogP contribution in [0.25, 0.3) is 0 Å². The Balaban J connectivity index is 1.97. The summed E-state index contributed by atoms with van der Waals surface area (Å²) in [6.07, 6.45) is 1.12. The molecule has 0 amide bonds. The summed E-state index contributed by atoms with van der Waals surface area (Å²) in [6, 6.07) is 8.97. The molecule has 4 heteroatoms. The maximum atomic E-state index is 5.92. The largest absolute Gasteiger partial charge is 0.370 e. The second-order valence-electron chi connectivity index (χ2n) is 6.52. The summed E-state index contributed by atoms with van der Waals surface area (Å²) < 4.78 is 0. The number of rotatable bonds is 3. The van der Waals surface area contributed by atoms with E-state index in [9.17, 15) is 0 Å². The number of hydrogen-bond acceptors (Lipinski definition) is 2. The normalized spacial score (nSPS) is 17.0. The van der Waals surface area contributed by atoms with E-state index in [0.717, 1.165) is 13.0 Å². The molecule has 1 heterocycles. The van der Waals surface area contributed by atoms with Gasteiger partial charge in [0.1, 0.15) is 0 Å². The summed E-state index contributed by atoms with van der Waals surface area (Å²) in [4.78, 5) is 6.89. The van der Waals surface area contributed by atoms with Gasteiger partial charge in [-0.3, -0.25) is 4.99 Å². The van der Waals surface area contributed by atoms with Gasteiger partial charge in [0.15, 0.2) is 5.96 Å². The summed E-state index contributed by atoms with van der Waals surface area (Å²) in [5.74, 6) is 0.525. The highest BCUT2D eigenvalue weighted by Gasteiger charge is 2.22. The number of para-hydroxylation sites is 1. The second kappa shape index (κ2) is 5.73. The van der Waals surface area contributed by atoms with E-state index in [1.807, 2.05) is 0 Å². The van der Waals surface area contributed by atoms with E-state index in [4.69, 9.17) is 5.73 Å². The molecule has 4 nitrogen and oxygen atoms in total. The number of benzene rings is 1. The number of anilines is 1. The molecule has 0 radical (unpaired) electrons. The first-order valence-corrected chi connectivity index (χ1v) is 7.29. The topological polar surface area (TPSA) is 53.6 Å². The summed E-state index contributed by atoms with van der Waals surface area (Å²) in [5, 5.41) is 3.19. The molecule has 0 bridgehead atoms. The van der Waals surface area contributed by atoms with Crippen LogP contribution in [0.3, 0.4) is 0 Å². The minimum Gasteiger partial charge on any atom is -0.370 e. The molecule has 1 aliphatic heterocycles. The minimum absolute atomic E-state index is 0.0446. The Morgan fingerprint density at radius 1 is 1.40 bits per heavy atom. The predicted octanol–water partition coefficient (Wildman–Crippen LogP) is 2.14. The van der Waals surface area contributed by atoms with Gasteiger partial charge >= 0.3 is 0 Å². The number of aliphatic imine (C=N–C) groups is 1. The monoisotopic (exact) mass is 274 g/mol. The van der Waals surface area contributed by atoms with Crippen molar-refractivity contribution in [3.63, 3.8) is 0 Å². The van der Waals surface area contributed by atoms with Crippen LogP contribution >= 0.6 is 0 Å². The lowest BCUT2D eigenvalue weighted by atomic mass is 10.1. The fourth-order valence-electron chi connectivity index (χ4n) is 2.57. The predicted molar refractivity (Wildman–Crippen MR) is 86.3 cm³/mol. The van der Waals surface area contributed by atoms with Gasteiger partial charge in [0, 0.05) is 23.8 Å². The summed E-state index contributed by atoms with van der Waals surface area (Å²) in [7, 11) is 0. The Morgan fingerprint density at radius 3 is 2.80 bits per heavy atom. The van der Waals surface area contributed by atoms with E-state index < -0.39 is 0 Å². The van der Waals surface area contributed by atoms with E-state index in [0.29, 0.717) is 18.5 Å². The average Bonchev–Trinajstić information content (AvgIpc) is 2.78. The molecule has 0 aliphatic carbocycles. The molecular formula is C16H26N4. The first kappa shape index (κ1) is 14.7. The number of nitrogens with one attached hydrogen (secondary N) is 1. The molecule has 0 saturated heterocycles. The number of nitrogens with zero attached hydrogens (tertiary/aromatic N) is 2. The lowest BCUT2D eigenvalue weighted by Crippen LogP contribution is -2.45. The van der Waals surface area contributed by atoms with Crippen LogP contribution in [0.1, 0.15) is 33.3 Å². The zero-order valence-corrected chi connectivity index (χ0v) is 13.0. The first-order valence-electron chi connectivity index (χ1n) is 7.29. The molecule has 1 aromatic carbocycles. The molecule has 1 aromatic rings. The highest BCUT2D eigenvalue weighted by molar-refractivity contribution is 5.78. The standard InChI is InChI=1S/C16H26N4/c1-12(11-18-15(17)19-16(2,3)4)20-10-9-13-7-5-6-8-14(13)20/h5-8,12H,9-11H2,1-4H3,(H3,17,18,19). The Bertz CT molecular complexity index is 487. The fourth-order valence-corrected chi connectivity index (χ4v) is 2.57. The molecule has 1 aliphatic rings. The van der Waals surface area contributed by atoms with Gasteiger partial charge in [-0.1, -0.05) is 18.2 Å². The van der Waals surface area contributed by atoms with Crippen molar-refractivity contribution in [2.24, 2.45) is 10.7 Å². The van der Waals surface area contributed by atoms with Gasteiger partial charge < -0.3 is 16.0 Å². The van der Waals surface area contributed by atoms with Gasteiger partial charge in [0.2, 0.25) is 0 Å². The highest BCUT2D eigenvalue weighted by Crippen LogP contribution is 2.29. The summed E-state index contributed by atoms with van der Waals surface area (Å²) in [6.45, 7) is 10.2. The molecule has 20 heavy (non-hydrogen) atoms. The molecule has 0 fully saturated rings. The van der Waals surface area contributed by atoms with Crippen molar-refractivity contribution in [2.75, 3.05) is 18.0 Å². The van der Waals surface area contributed by atoms with Crippen LogP contribution in [-0.2, 0) is 6.42 Å². The van der Waals surface area contributed by atoms with Gasteiger partial charge in [0.05, 0.1) is 6.54 Å². The van der Waals surface area contributed by atoms with Crippen LogP contribution in [0.2, 0.25) is 0 Å². The fraction of sp³-hybridized carbons (Fsp3) is 0.562. The third-order valence-corrected chi connectivity index (χ3v) is 3.48. The number of fused-ring (bicyclic) bond motifs is 1. The van der Waals surface area contributed by atoms with Crippen LogP contribution in [0, 0.1) is 0 Å². The summed E-state index contributed by atoms with van der Waals surface area (Å²) >= 11 is 0. The van der Waals surface area contributed by atoms with Gasteiger partial charge in [-0.05, 0) is 45.7 Å². The van der Waals surface area contributed by atoms with E-state index in [-0.39, 0.29) is 5.54 Å². The Hall–Kier alpha value is -1.71. The van der Waals surface area contributed by atoms with Crippen molar-refractivity contribution in [1.29, 1.82) is 0 Å². The van der Waals surface area contributed by atoms with Gasteiger partial charge in [-0.2, -0.15) is 0 Å². The Labute approximate surface area is 122 Å². The van der Waals surface area contributed by atoms with E-state index >= 15 is 0 Å². The third kappa shape index (κ3) is 3.65. The smallest absolute Gasteiger partial charge is 0.189 e. The van der Waals surface area contributed by atoms with Crippen molar-refractivity contribution < 1.29 is 0 Å². The van der Waals surface area contributed by atoms with Gasteiger partial charge in [-0.25, -0.2) is 0 Å². The lowest BCUT2D eigenvalue weighted by Gasteiger charge is -2.27. The van der Waals surface area contributed by atoms with E-state index in [1.165, 1.54) is 11.3 Å². The van der Waals surface area contributed by atoms with Crippen molar-refractivity contribution >= 4 is 11.6 Å². The second-order valence-corrected chi connectivity index (χ2v) is 6.52. The Morgan fingerprint density at radius 2 is 2.10 bits per heavy atom. The number of hydrogen-bond donors (Lipinski definition) is 2. The lowest BCUT2D eigenvalue weighted by molar-refractivity contribution is 0.507. The van der Waals surface area contributed by atoms with Crippen LogP contribution < -0.4 is 16.0 Å². The highest BCUT2D eigenvalue weighted by atomic mass is 15.2. The molecule has 0 aromatic heterocycles. The van der Waals surface area contributed by atoms with Crippen molar-refractivity contribution in [3.8, 4) is 0 Å². The first-order chi connectivity index (χ1) is 9.37. The Kier molecular flexibility index (Phi) is 4.21. The van der Waals surface area contributed by atoms with E-state index in [1.54, 1.807) is 0 Å². The molecule has 1 atom stereocenters. The van der Waals surface area contributed by atoms with Crippen LogP contribution in [-0.4, -0.2) is 30.6 Å². The zero-order valence-electron chi connectivity index (χ0n) is 13.0. The maximum absolute atomic E-state index is 5.92. The van der Waals surface area contributed by atoms with Crippen molar-refractivity contribution in [1.82, 2.24) is 5.32 Å². The van der Waals surface area contributed by atoms with Gasteiger partial charge in [0.25, 0.3) is 0 Å². The van der Waals surface area contributed by atoms with Crippen LogP contribution in [0.5, 0.6) is 0 Å². The third-order valence-electron chi connectivity index (χ3n) is 3.48. The molecular weight excluding hydrogens is 248 g/mol. The quantitative estimate of drug-likeness (QED) is 0.656. The molecule has 2 rings (SSSR count). The molecule has 110 valence electrons. The molecule has 3 N–H and O–H groups in total. The maximum Gasteiger partial charge on any atom is 0.189 e. The number of nitrogens with two attached hydrogens (primary N) is 1. The SMILES string of the molecule is CC(CN=C(N)NC(C)(C)C)N1CCc2ccccc21. The van der Waals surface area contributed by atoms with Crippen molar-refractivity contribution in [3.05, 3.63) is 29.8 Å². The number of guanidine groups is 1. The zero-order chi connectivity index (χ0) is 14.8. The summed E-state index contributed by atoms with van der Waals surface area (Å²) in [5.41, 5.74) is 8.66. The average molecular weight is 274 g/mol.